The minimum atomic E-state index is 0.132. The largest absolute Gasteiger partial charge is 0.361 e. The lowest BCUT2D eigenvalue weighted by atomic mass is 10.0. The molecule has 0 spiro atoms. The molecule has 3 rings (SSSR count). The van der Waals surface area contributed by atoms with Crippen molar-refractivity contribution in [3.05, 3.63) is 39.4 Å². The van der Waals surface area contributed by atoms with Gasteiger partial charge in [-0.1, -0.05) is 5.16 Å². The molecule has 1 fully saturated rings. The van der Waals surface area contributed by atoms with E-state index in [2.05, 4.69) is 5.16 Å². The van der Waals surface area contributed by atoms with Crippen LogP contribution in [0, 0.1) is 13.8 Å². The summed E-state index contributed by atoms with van der Waals surface area (Å²) >= 11 is 1.63. The van der Waals surface area contributed by atoms with Gasteiger partial charge in [0.15, 0.2) is 0 Å². The molecule has 1 amide bonds. The number of hydrogen-bond acceptors (Lipinski definition) is 4. The third-order valence-corrected chi connectivity index (χ3v) is 4.66. The zero-order chi connectivity index (χ0) is 14.1. The number of likely N-dealkylation sites (tertiary alicyclic amines) is 1. The number of aromatic nitrogens is 1. The highest BCUT2D eigenvalue weighted by Gasteiger charge is 2.33. The SMILES string of the molecule is Cc1noc(C)c1[C@H]1CCCN1C(=O)Cc1ccsc1. The van der Waals surface area contributed by atoms with Crippen LogP contribution in [0.15, 0.2) is 21.3 Å². The van der Waals surface area contributed by atoms with Crippen LogP contribution in [0.2, 0.25) is 0 Å². The fourth-order valence-electron chi connectivity index (χ4n) is 3.00. The van der Waals surface area contributed by atoms with E-state index in [-0.39, 0.29) is 11.9 Å². The predicted molar refractivity (Wildman–Crippen MR) is 77.7 cm³/mol. The maximum atomic E-state index is 12.5. The van der Waals surface area contributed by atoms with Crippen molar-refractivity contribution in [2.45, 2.75) is 39.2 Å². The number of carbonyl (C=O) groups is 1. The zero-order valence-corrected chi connectivity index (χ0v) is 12.6. The van der Waals surface area contributed by atoms with E-state index in [0.29, 0.717) is 6.42 Å². The number of thiophene rings is 1. The number of hydrogen-bond donors (Lipinski definition) is 0. The molecule has 3 heterocycles. The second-order valence-corrected chi connectivity index (χ2v) is 6.07. The molecule has 2 aromatic rings. The lowest BCUT2D eigenvalue weighted by Gasteiger charge is -2.24. The van der Waals surface area contributed by atoms with Gasteiger partial charge >= 0.3 is 0 Å². The molecule has 20 heavy (non-hydrogen) atoms. The number of carbonyl (C=O) groups excluding carboxylic acids is 1. The maximum Gasteiger partial charge on any atom is 0.227 e. The van der Waals surface area contributed by atoms with Gasteiger partial charge in [-0.15, -0.1) is 0 Å². The van der Waals surface area contributed by atoms with Crippen LogP contribution in [0.3, 0.4) is 0 Å². The molecule has 2 aromatic heterocycles. The summed E-state index contributed by atoms with van der Waals surface area (Å²) in [6.07, 6.45) is 2.53. The minimum Gasteiger partial charge on any atom is -0.361 e. The molecule has 1 aliphatic rings. The maximum absolute atomic E-state index is 12.5. The summed E-state index contributed by atoms with van der Waals surface area (Å²) in [4.78, 5) is 14.5. The molecule has 0 aliphatic carbocycles. The molecule has 0 aromatic carbocycles. The molecule has 1 aliphatic heterocycles. The molecule has 0 saturated carbocycles. The Morgan fingerprint density at radius 2 is 2.40 bits per heavy atom. The lowest BCUT2D eigenvalue weighted by Crippen LogP contribution is -2.32. The Morgan fingerprint density at radius 1 is 1.55 bits per heavy atom. The molecule has 106 valence electrons. The average molecular weight is 290 g/mol. The first-order valence-corrected chi connectivity index (χ1v) is 7.84. The molecule has 0 unspecified atom stereocenters. The summed E-state index contributed by atoms with van der Waals surface area (Å²) in [5.41, 5.74) is 3.10. The van der Waals surface area contributed by atoms with Crippen molar-refractivity contribution in [2.75, 3.05) is 6.54 Å². The average Bonchev–Trinajstić information content (AvgIpc) is 3.11. The Balaban J connectivity index is 1.80. The van der Waals surface area contributed by atoms with Crippen molar-refractivity contribution >= 4 is 17.2 Å². The highest BCUT2D eigenvalue weighted by Crippen LogP contribution is 2.35. The van der Waals surface area contributed by atoms with Crippen LogP contribution in [0.4, 0.5) is 0 Å². The summed E-state index contributed by atoms with van der Waals surface area (Å²) in [7, 11) is 0. The van der Waals surface area contributed by atoms with Gasteiger partial charge in [-0.25, -0.2) is 0 Å². The molecular weight excluding hydrogens is 272 g/mol. The highest BCUT2D eigenvalue weighted by atomic mass is 32.1. The van der Waals surface area contributed by atoms with Gasteiger partial charge in [0.05, 0.1) is 18.2 Å². The second-order valence-electron chi connectivity index (χ2n) is 5.29. The van der Waals surface area contributed by atoms with Gasteiger partial charge in [-0.05, 0) is 49.1 Å². The Kier molecular flexibility index (Phi) is 3.61. The van der Waals surface area contributed by atoms with E-state index < -0.39 is 0 Å². The third-order valence-electron chi connectivity index (χ3n) is 3.93. The van der Waals surface area contributed by atoms with Gasteiger partial charge in [0, 0.05) is 12.1 Å². The molecule has 1 atom stereocenters. The third kappa shape index (κ3) is 2.38. The van der Waals surface area contributed by atoms with Gasteiger partial charge in [0.1, 0.15) is 5.76 Å². The van der Waals surface area contributed by atoms with Gasteiger partial charge in [-0.2, -0.15) is 11.3 Å². The lowest BCUT2D eigenvalue weighted by molar-refractivity contribution is -0.131. The van der Waals surface area contributed by atoms with Crippen LogP contribution in [-0.2, 0) is 11.2 Å². The smallest absolute Gasteiger partial charge is 0.227 e. The van der Waals surface area contributed by atoms with Gasteiger partial charge in [0.25, 0.3) is 0 Å². The van der Waals surface area contributed by atoms with Gasteiger partial charge in [-0.3, -0.25) is 4.79 Å². The predicted octanol–water partition coefficient (Wildman–Crippen LogP) is 3.26. The summed E-state index contributed by atoms with van der Waals surface area (Å²) in [6.45, 7) is 4.71. The quantitative estimate of drug-likeness (QED) is 0.871. The number of aryl methyl sites for hydroxylation is 2. The van der Waals surface area contributed by atoms with E-state index in [4.69, 9.17) is 4.52 Å². The molecule has 4 nitrogen and oxygen atoms in total. The Bertz CT molecular complexity index is 584. The van der Waals surface area contributed by atoms with Crippen molar-refractivity contribution in [3.8, 4) is 0 Å². The van der Waals surface area contributed by atoms with E-state index in [1.54, 1.807) is 11.3 Å². The monoisotopic (exact) mass is 290 g/mol. The number of nitrogens with zero attached hydrogens (tertiary/aromatic N) is 2. The topological polar surface area (TPSA) is 46.3 Å². The molecule has 0 bridgehead atoms. The normalized spacial score (nSPS) is 18.7. The van der Waals surface area contributed by atoms with E-state index in [9.17, 15) is 4.79 Å². The van der Waals surface area contributed by atoms with Crippen LogP contribution in [0.1, 0.15) is 41.5 Å². The molecule has 1 saturated heterocycles. The Hall–Kier alpha value is -1.62. The first kappa shape index (κ1) is 13.4. The van der Waals surface area contributed by atoms with Gasteiger partial charge < -0.3 is 9.42 Å². The Morgan fingerprint density at radius 3 is 3.05 bits per heavy atom. The van der Waals surface area contributed by atoms with Crippen molar-refractivity contribution in [3.63, 3.8) is 0 Å². The summed E-state index contributed by atoms with van der Waals surface area (Å²) in [6, 6.07) is 2.15. The van der Waals surface area contributed by atoms with Crippen LogP contribution >= 0.6 is 11.3 Å². The first-order chi connectivity index (χ1) is 9.66. The number of amides is 1. The second kappa shape index (κ2) is 5.40. The van der Waals surface area contributed by atoms with Crippen LogP contribution in [0.25, 0.3) is 0 Å². The van der Waals surface area contributed by atoms with Crippen LogP contribution < -0.4 is 0 Å². The van der Waals surface area contributed by atoms with Crippen molar-refractivity contribution in [1.29, 1.82) is 0 Å². The molecule has 0 radical (unpaired) electrons. The molecular formula is C15H18N2O2S. The van der Waals surface area contributed by atoms with E-state index >= 15 is 0 Å². The zero-order valence-electron chi connectivity index (χ0n) is 11.8. The summed E-state index contributed by atoms with van der Waals surface area (Å²) in [5, 5.41) is 8.07. The van der Waals surface area contributed by atoms with Crippen molar-refractivity contribution in [2.24, 2.45) is 0 Å². The van der Waals surface area contributed by atoms with E-state index in [0.717, 1.165) is 42.0 Å². The van der Waals surface area contributed by atoms with Crippen LogP contribution in [0.5, 0.6) is 0 Å². The fraction of sp³-hybridized carbons (Fsp3) is 0.467. The van der Waals surface area contributed by atoms with Crippen molar-refractivity contribution in [1.82, 2.24) is 10.1 Å². The first-order valence-electron chi connectivity index (χ1n) is 6.90. The van der Waals surface area contributed by atoms with Gasteiger partial charge in [0.2, 0.25) is 5.91 Å². The highest BCUT2D eigenvalue weighted by molar-refractivity contribution is 7.07. The van der Waals surface area contributed by atoms with Crippen molar-refractivity contribution < 1.29 is 9.32 Å². The summed E-state index contributed by atoms with van der Waals surface area (Å²) < 4.78 is 5.26. The van der Waals surface area contributed by atoms with E-state index in [1.807, 2.05) is 35.6 Å². The number of rotatable bonds is 3. The molecule has 0 N–H and O–H groups in total. The summed E-state index contributed by atoms with van der Waals surface area (Å²) in [5.74, 6) is 1.04. The molecule has 5 heteroatoms. The van der Waals surface area contributed by atoms with Crippen LogP contribution in [-0.4, -0.2) is 22.5 Å². The van der Waals surface area contributed by atoms with E-state index in [1.165, 1.54) is 0 Å². The Labute approximate surface area is 122 Å². The fourth-order valence-corrected chi connectivity index (χ4v) is 3.67. The minimum absolute atomic E-state index is 0.132. The standard InChI is InChI=1S/C15H18N2O2S/c1-10-15(11(2)19-16-10)13-4-3-6-17(13)14(18)8-12-5-7-20-9-12/h5,7,9,13H,3-4,6,8H2,1-2H3/t13-/m1/s1.